The number of nitrogens with zero attached hydrogens (tertiary/aromatic N) is 2. The van der Waals surface area contributed by atoms with Gasteiger partial charge >= 0.3 is 5.69 Å². The first kappa shape index (κ1) is 20.2. The smallest absolute Gasteiger partial charge is 0.322 e. The summed E-state index contributed by atoms with van der Waals surface area (Å²) in [6.07, 6.45) is 0. The first-order chi connectivity index (χ1) is 14.3. The number of anilines is 1. The normalized spacial score (nSPS) is 11.0. The van der Waals surface area contributed by atoms with Crippen LogP contribution in [0.15, 0.2) is 68.0 Å². The number of hydrogen-bond donors (Lipinski definition) is 1. The minimum atomic E-state index is -0.636. The van der Waals surface area contributed by atoms with Crippen LogP contribution in [-0.2, 0) is 11.3 Å². The molecular formula is C21H15BrFN3O3S. The molecule has 4 aromatic rings. The Hall–Kier alpha value is -3.04. The van der Waals surface area contributed by atoms with E-state index in [2.05, 4.69) is 21.2 Å². The summed E-state index contributed by atoms with van der Waals surface area (Å²) in [6.45, 7) is 1.49. The summed E-state index contributed by atoms with van der Waals surface area (Å²) in [5.41, 5.74) is 0.609. The molecular weight excluding hydrogens is 473 g/mol. The van der Waals surface area contributed by atoms with Crippen molar-refractivity contribution in [2.24, 2.45) is 0 Å². The molecule has 30 heavy (non-hydrogen) atoms. The molecule has 0 saturated carbocycles. The maximum Gasteiger partial charge on any atom is 0.336 e. The number of carbonyl (C=O) groups excluding carboxylic acids is 1. The standard InChI is InChI=1S/C21H15BrFN3O3S/c1-12-3-2-4-14(9-12)26-20(28)19-17(7-8-30-19)25(21(26)29)11-18(27)24-16-6-5-13(22)10-15(16)23/h2-10H,11H2,1H3,(H,24,27). The first-order valence-corrected chi connectivity index (χ1v) is 10.6. The molecule has 9 heteroatoms. The van der Waals surface area contributed by atoms with E-state index >= 15 is 0 Å². The van der Waals surface area contributed by atoms with Gasteiger partial charge in [-0.05, 0) is 54.3 Å². The number of aryl methyl sites for hydroxylation is 1. The topological polar surface area (TPSA) is 73.1 Å². The highest BCUT2D eigenvalue weighted by Gasteiger charge is 2.18. The molecule has 0 saturated heterocycles. The molecule has 0 bridgehead atoms. The zero-order valence-corrected chi connectivity index (χ0v) is 18.1. The molecule has 0 atom stereocenters. The number of aromatic nitrogens is 2. The Morgan fingerprint density at radius 1 is 1.17 bits per heavy atom. The molecule has 0 aliphatic carbocycles. The minimum absolute atomic E-state index is 0.00446. The Balaban J connectivity index is 1.79. The number of thiophene rings is 1. The van der Waals surface area contributed by atoms with Crippen LogP contribution < -0.4 is 16.6 Å². The Morgan fingerprint density at radius 2 is 1.97 bits per heavy atom. The van der Waals surface area contributed by atoms with Gasteiger partial charge in [0.1, 0.15) is 17.1 Å². The van der Waals surface area contributed by atoms with Crippen LogP contribution in [0.1, 0.15) is 5.56 Å². The quantitative estimate of drug-likeness (QED) is 0.471. The van der Waals surface area contributed by atoms with Crippen molar-refractivity contribution in [3.8, 4) is 5.69 Å². The van der Waals surface area contributed by atoms with Gasteiger partial charge in [0.05, 0.1) is 16.9 Å². The van der Waals surface area contributed by atoms with Crippen molar-refractivity contribution in [2.75, 3.05) is 5.32 Å². The van der Waals surface area contributed by atoms with E-state index < -0.39 is 23.0 Å². The van der Waals surface area contributed by atoms with Crippen molar-refractivity contribution in [1.82, 2.24) is 9.13 Å². The molecule has 4 rings (SSSR count). The fraction of sp³-hybridized carbons (Fsp3) is 0.0952. The van der Waals surface area contributed by atoms with E-state index in [4.69, 9.17) is 0 Å². The van der Waals surface area contributed by atoms with E-state index in [0.29, 0.717) is 20.4 Å². The van der Waals surface area contributed by atoms with Gasteiger partial charge in [0.15, 0.2) is 0 Å². The molecule has 2 heterocycles. The molecule has 0 aliphatic rings. The molecule has 1 amide bonds. The van der Waals surface area contributed by atoms with Crippen LogP contribution in [-0.4, -0.2) is 15.0 Å². The maximum absolute atomic E-state index is 14.1. The summed E-state index contributed by atoms with van der Waals surface area (Å²) in [7, 11) is 0. The van der Waals surface area contributed by atoms with Gasteiger partial charge < -0.3 is 5.32 Å². The molecule has 6 nitrogen and oxygen atoms in total. The summed E-state index contributed by atoms with van der Waals surface area (Å²) < 4.78 is 17.2. The largest absolute Gasteiger partial charge is 0.336 e. The average molecular weight is 488 g/mol. The second kappa shape index (κ2) is 8.00. The summed E-state index contributed by atoms with van der Waals surface area (Å²) in [5, 5.41) is 4.16. The summed E-state index contributed by atoms with van der Waals surface area (Å²) in [5.74, 6) is -1.18. The minimum Gasteiger partial charge on any atom is -0.322 e. The highest BCUT2D eigenvalue weighted by molar-refractivity contribution is 9.10. The van der Waals surface area contributed by atoms with E-state index in [0.717, 1.165) is 10.1 Å². The number of amides is 1. The summed E-state index contributed by atoms with van der Waals surface area (Å²) >= 11 is 4.36. The predicted molar refractivity (Wildman–Crippen MR) is 119 cm³/mol. The molecule has 2 aromatic carbocycles. The molecule has 1 N–H and O–H groups in total. The van der Waals surface area contributed by atoms with Crippen LogP contribution in [0.3, 0.4) is 0 Å². The third kappa shape index (κ3) is 3.73. The van der Waals surface area contributed by atoms with E-state index in [1.165, 1.54) is 28.0 Å². The number of carbonyl (C=O) groups is 1. The van der Waals surface area contributed by atoms with Crippen LogP contribution in [0.5, 0.6) is 0 Å². The zero-order valence-electron chi connectivity index (χ0n) is 15.7. The third-order valence-electron chi connectivity index (χ3n) is 4.52. The van der Waals surface area contributed by atoms with Crippen LogP contribution in [0.2, 0.25) is 0 Å². The molecule has 0 unspecified atom stereocenters. The fourth-order valence-electron chi connectivity index (χ4n) is 3.16. The molecule has 0 aliphatic heterocycles. The maximum atomic E-state index is 14.1. The molecule has 152 valence electrons. The fourth-order valence-corrected chi connectivity index (χ4v) is 4.32. The van der Waals surface area contributed by atoms with Gasteiger partial charge in [-0.2, -0.15) is 0 Å². The Labute approximate surface area is 182 Å². The second-order valence-electron chi connectivity index (χ2n) is 6.66. The van der Waals surface area contributed by atoms with Crippen molar-refractivity contribution < 1.29 is 9.18 Å². The Morgan fingerprint density at radius 3 is 2.70 bits per heavy atom. The monoisotopic (exact) mass is 487 g/mol. The highest BCUT2D eigenvalue weighted by atomic mass is 79.9. The van der Waals surface area contributed by atoms with E-state index in [1.807, 2.05) is 13.0 Å². The molecule has 2 aromatic heterocycles. The molecule has 0 fully saturated rings. The average Bonchev–Trinajstić information content (AvgIpc) is 3.18. The van der Waals surface area contributed by atoms with Crippen molar-refractivity contribution in [3.63, 3.8) is 0 Å². The Bertz CT molecular complexity index is 1410. The van der Waals surface area contributed by atoms with Gasteiger partial charge in [-0.25, -0.2) is 13.8 Å². The van der Waals surface area contributed by atoms with Gasteiger partial charge in [-0.1, -0.05) is 28.1 Å². The number of hydrogen-bond acceptors (Lipinski definition) is 4. The van der Waals surface area contributed by atoms with Crippen LogP contribution in [0, 0.1) is 12.7 Å². The number of benzene rings is 2. The van der Waals surface area contributed by atoms with Crippen LogP contribution in [0.25, 0.3) is 15.9 Å². The SMILES string of the molecule is Cc1cccc(-n2c(=O)c3sccc3n(CC(=O)Nc3ccc(Br)cc3F)c2=O)c1. The predicted octanol–water partition coefficient (Wildman–Crippen LogP) is 4.06. The van der Waals surface area contributed by atoms with E-state index in [9.17, 15) is 18.8 Å². The van der Waals surface area contributed by atoms with Crippen molar-refractivity contribution in [1.29, 1.82) is 0 Å². The summed E-state index contributed by atoms with van der Waals surface area (Å²) in [4.78, 5) is 38.7. The van der Waals surface area contributed by atoms with Gasteiger partial charge in [0.2, 0.25) is 5.91 Å². The lowest BCUT2D eigenvalue weighted by molar-refractivity contribution is -0.116. The van der Waals surface area contributed by atoms with Crippen molar-refractivity contribution in [3.05, 3.63) is 90.6 Å². The number of nitrogens with one attached hydrogen (secondary N) is 1. The van der Waals surface area contributed by atoms with E-state index in [-0.39, 0.29) is 12.2 Å². The summed E-state index contributed by atoms with van der Waals surface area (Å²) in [6, 6.07) is 12.9. The van der Waals surface area contributed by atoms with Gasteiger partial charge in [0, 0.05) is 4.47 Å². The molecule has 0 radical (unpaired) electrons. The number of halogens is 2. The number of fused-ring (bicyclic) bond motifs is 1. The van der Waals surface area contributed by atoms with Crippen molar-refractivity contribution >= 4 is 49.1 Å². The Kier molecular flexibility index (Phi) is 5.40. The first-order valence-electron chi connectivity index (χ1n) is 8.90. The van der Waals surface area contributed by atoms with Crippen molar-refractivity contribution in [2.45, 2.75) is 13.5 Å². The van der Waals surface area contributed by atoms with Gasteiger partial charge in [-0.15, -0.1) is 11.3 Å². The van der Waals surface area contributed by atoms with Crippen LogP contribution >= 0.6 is 27.3 Å². The lowest BCUT2D eigenvalue weighted by Gasteiger charge is -2.13. The van der Waals surface area contributed by atoms with E-state index in [1.54, 1.807) is 35.7 Å². The van der Waals surface area contributed by atoms with Gasteiger partial charge in [0.25, 0.3) is 5.56 Å². The van der Waals surface area contributed by atoms with Crippen LogP contribution in [0.4, 0.5) is 10.1 Å². The number of rotatable bonds is 4. The third-order valence-corrected chi connectivity index (χ3v) is 5.91. The lowest BCUT2D eigenvalue weighted by atomic mass is 10.2. The highest BCUT2D eigenvalue weighted by Crippen LogP contribution is 2.20. The molecule has 0 spiro atoms. The second-order valence-corrected chi connectivity index (χ2v) is 8.49. The lowest BCUT2D eigenvalue weighted by Crippen LogP contribution is -2.40. The zero-order chi connectivity index (χ0) is 21.4. The van der Waals surface area contributed by atoms with Gasteiger partial charge in [-0.3, -0.25) is 14.2 Å².